The molecule has 1 saturated heterocycles. The molecule has 2 N–H and O–H groups in total. The lowest BCUT2D eigenvalue weighted by atomic mass is 9.94. The highest BCUT2D eigenvalue weighted by atomic mass is 16.4. The molecule has 7 heteroatoms. The highest BCUT2D eigenvalue weighted by Gasteiger charge is 2.21. The third kappa shape index (κ3) is 5.95. The second kappa shape index (κ2) is 9.29. The van der Waals surface area contributed by atoms with Crippen molar-refractivity contribution in [1.82, 2.24) is 20.6 Å². The lowest BCUT2D eigenvalue weighted by Gasteiger charge is -2.34. The number of aryl methyl sites for hydroxylation is 1. The highest BCUT2D eigenvalue weighted by Crippen LogP contribution is 2.23. The van der Waals surface area contributed by atoms with E-state index in [1.165, 1.54) is 0 Å². The number of aromatic nitrogens is 2. The molecule has 1 aliphatic heterocycles. The van der Waals surface area contributed by atoms with Gasteiger partial charge in [0.25, 0.3) is 0 Å². The van der Waals surface area contributed by atoms with E-state index in [0.29, 0.717) is 18.5 Å². The van der Waals surface area contributed by atoms with Crippen LogP contribution in [0.15, 0.2) is 33.8 Å². The van der Waals surface area contributed by atoms with Crippen LogP contribution in [-0.4, -0.2) is 41.6 Å². The Morgan fingerprint density at radius 3 is 2.66 bits per heavy atom. The van der Waals surface area contributed by atoms with Crippen LogP contribution in [0.2, 0.25) is 0 Å². The molecule has 0 radical (unpaired) electrons. The van der Waals surface area contributed by atoms with Crippen LogP contribution >= 0.6 is 0 Å². The Morgan fingerprint density at radius 1 is 1.28 bits per heavy atom. The van der Waals surface area contributed by atoms with Crippen molar-refractivity contribution in [2.45, 2.75) is 65.5 Å². The van der Waals surface area contributed by atoms with Crippen molar-refractivity contribution in [1.29, 1.82) is 0 Å². The topological polar surface area (TPSA) is 78.6 Å². The van der Waals surface area contributed by atoms with Crippen LogP contribution in [-0.2, 0) is 12.0 Å². The molecule has 0 amide bonds. The number of aliphatic imine (C=N–C) groups is 1. The van der Waals surface area contributed by atoms with Gasteiger partial charge in [-0.05, 0) is 38.8 Å². The summed E-state index contributed by atoms with van der Waals surface area (Å²) in [5.41, 5.74) is 1.02. The Morgan fingerprint density at radius 2 is 2.03 bits per heavy atom. The summed E-state index contributed by atoms with van der Waals surface area (Å²) in [6.45, 7) is 13.7. The van der Waals surface area contributed by atoms with Crippen molar-refractivity contribution < 1.29 is 4.42 Å². The van der Waals surface area contributed by atoms with Gasteiger partial charge in [-0.15, -0.1) is 0 Å². The van der Waals surface area contributed by atoms with Gasteiger partial charge in [0, 0.05) is 36.8 Å². The first-order valence-electron chi connectivity index (χ1n) is 10.5. The number of hydrogen-bond donors (Lipinski definition) is 2. The fraction of sp³-hybridized carbons (Fsp3) is 0.591. The van der Waals surface area contributed by atoms with Crippen LogP contribution in [0, 0.1) is 6.92 Å². The first kappa shape index (κ1) is 21.1. The summed E-state index contributed by atoms with van der Waals surface area (Å²) in [7, 11) is 0. The molecular weight excluding hydrogens is 364 g/mol. The predicted molar refractivity (Wildman–Crippen MR) is 117 cm³/mol. The number of oxazole rings is 1. The molecule has 3 rings (SSSR count). The van der Waals surface area contributed by atoms with Gasteiger partial charge in [0.2, 0.25) is 5.89 Å². The van der Waals surface area contributed by atoms with E-state index in [-0.39, 0.29) is 5.41 Å². The summed E-state index contributed by atoms with van der Waals surface area (Å²) < 4.78 is 5.85. The lowest BCUT2D eigenvalue weighted by Crippen LogP contribution is -2.48. The largest absolute Gasteiger partial charge is 0.443 e. The zero-order valence-corrected chi connectivity index (χ0v) is 18.3. The van der Waals surface area contributed by atoms with Gasteiger partial charge in [0.05, 0.1) is 6.20 Å². The lowest BCUT2D eigenvalue weighted by molar-refractivity contribution is 0.383. The molecule has 0 aromatic carbocycles. The van der Waals surface area contributed by atoms with Gasteiger partial charge >= 0.3 is 0 Å². The second-order valence-corrected chi connectivity index (χ2v) is 8.61. The molecule has 1 fully saturated rings. The van der Waals surface area contributed by atoms with Gasteiger partial charge in [-0.3, -0.25) is 0 Å². The number of nitrogens with one attached hydrogen (secondary N) is 2. The van der Waals surface area contributed by atoms with Gasteiger partial charge in [-0.2, -0.15) is 0 Å². The van der Waals surface area contributed by atoms with E-state index in [0.717, 1.165) is 55.7 Å². The first-order chi connectivity index (χ1) is 13.8. The van der Waals surface area contributed by atoms with Crippen LogP contribution < -0.4 is 15.5 Å². The molecular formula is C22H34N6O. The van der Waals surface area contributed by atoms with Crippen LogP contribution in [0.25, 0.3) is 0 Å². The molecule has 7 nitrogen and oxygen atoms in total. The Kier molecular flexibility index (Phi) is 6.77. The molecule has 1 aliphatic rings. The van der Waals surface area contributed by atoms with Crippen LogP contribution in [0.3, 0.4) is 0 Å². The number of piperidine rings is 1. The van der Waals surface area contributed by atoms with Crippen molar-refractivity contribution in [3.63, 3.8) is 0 Å². The summed E-state index contributed by atoms with van der Waals surface area (Å²) in [5.74, 6) is 3.42. The van der Waals surface area contributed by atoms with Crippen molar-refractivity contribution in [2.75, 3.05) is 24.5 Å². The summed E-state index contributed by atoms with van der Waals surface area (Å²) in [6, 6.07) is 6.60. The standard InChI is InChI=1S/C22H34N6O/c1-6-23-21(25-15-20-24-14-18(29-20)22(3,4)5)27-17-10-12-28(13-11-17)19-9-7-8-16(2)26-19/h7-9,14,17H,6,10-13,15H2,1-5H3,(H2,23,25,27). The van der Waals surface area contributed by atoms with Crippen molar-refractivity contribution >= 4 is 11.8 Å². The van der Waals surface area contributed by atoms with E-state index in [4.69, 9.17) is 4.42 Å². The number of pyridine rings is 1. The van der Waals surface area contributed by atoms with Crippen molar-refractivity contribution in [3.05, 3.63) is 41.7 Å². The van der Waals surface area contributed by atoms with Gasteiger partial charge in [-0.25, -0.2) is 15.0 Å². The van der Waals surface area contributed by atoms with Gasteiger partial charge in [0.1, 0.15) is 18.1 Å². The van der Waals surface area contributed by atoms with Crippen LogP contribution in [0.4, 0.5) is 5.82 Å². The average Bonchev–Trinajstić information content (AvgIpc) is 3.16. The number of guanidine groups is 1. The van der Waals surface area contributed by atoms with Crippen molar-refractivity contribution in [3.8, 4) is 0 Å². The SMILES string of the molecule is CCNC(=NCc1ncc(C(C)(C)C)o1)NC1CCN(c2cccc(C)n2)CC1. The zero-order valence-electron chi connectivity index (χ0n) is 18.3. The normalized spacial score (nSPS) is 16.2. The third-order valence-electron chi connectivity index (χ3n) is 5.04. The molecule has 3 heterocycles. The molecule has 0 saturated carbocycles. The zero-order chi connectivity index (χ0) is 20.9. The molecule has 0 unspecified atom stereocenters. The second-order valence-electron chi connectivity index (χ2n) is 8.61. The predicted octanol–water partition coefficient (Wildman–Crippen LogP) is 3.40. The molecule has 158 valence electrons. The maximum atomic E-state index is 5.85. The molecule has 2 aromatic rings. The van der Waals surface area contributed by atoms with Crippen molar-refractivity contribution in [2.24, 2.45) is 4.99 Å². The number of rotatable bonds is 5. The Labute approximate surface area is 174 Å². The first-order valence-corrected chi connectivity index (χ1v) is 10.5. The Hall–Kier alpha value is -2.57. The molecule has 29 heavy (non-hydrogen) atoms. The van der Waals surface area contributed by atoms with E-state index >= 15 is 0 Å². The fourth-order valence-electron chi connectivity index (χ4n) is 3.35. The maximum Gasteiger partial charge on any atom is 0.216 e. The van der Waals surface area contributed by atoms with E-state index < -0.39 is 0 Å². The van der Waals surface area contributed by atoms with E-state index in [9.17, 15) is 0 Å². The van der Waals surface area contributed by atoms with Crippen LogP contribution in [0.5, 0.6) is 0 Å². The summed E-state index contributed by atoms with van der Waals surface area (Å²) in [6.07, 6.45) is 3.90. The molecule has 2 aromatic heterocycles. The Balaban J connectivity index is 1.55. The Bertz CT molecular complexity index is 815. The molecule has 0 bridgehead atoms. The third-order valence-corrected chi connectivity index (χ3v) is 5.04. The van der Waals surface area contributed by atoms with E-state index in [1.54, 1.807) is 6.20 Å². The quantitative estimate of drug-likeness (QED) is 0.594. The minimum atomic E-state index is -0.0438. The average molecular weight is 399 g/mol. The van der Waals surface area contributed by atoms with Gasteiger partial charge in [0.15, 0.2) is 5.96 Å². The van der Waals surface area contributed by atoms with E-state index in [2.05, 4.69) is 70.3 Å². The number of nitrogens with zero attached hydrogens (tertiary/aromatic N) is 4. The summed E-state index contributed by atoms with van der Waals surface area (Å²) in [5, 5.41) is 6.90. The van der Waals surface area contributed by atoms with Gasteiger partial charge in [-0.1, -0.05) is 26.8 Å². The van der Waals surface area contributed by atoms with E-state index in [1.807, 2.05) is 13.0 Å². The molecule has 0 atom stereocenters. The summed E-state index contributed by atoms with van der Waals surface area (Å²) >= 11 is 0. The molecule has 0 spiro atoms. The van der Waals surface area contributed by atoms with Crippen LogP contribution in [0.1, 0.15) is 57.9 Å². The highest BCUT2D eigenvalue weighted by molar-refractivity contribution is 5.80. The smallest absolute Gasteiger partial charge is 0.216 e. The monoisotopic (exact) mass is 398 g/mol. The van der Waals surface area contributed by atoms with Gasteiger partial charge < -0.3 is 20.0 Å². The maximum absolute atomic E-state index is 5.85. The molecule has 0 aliphatic carbocycles. The minimum Gasteiger partial charge on any atom is -0.443 e. The summed E-state index contributed by atoms with van der Waals surface area (Å²) in [4.78, 5) is 16.0. The fourth-order valence-corrected chi connectivity index (χ4v) is 3.35. The number of anilines is 1. The minimum absolute atomic E-state index is 0.0438. The number of hydrogen-bond acceptors (Lipinski definition) is 5.